The van der Waals surface area contributed by atoms with Gasteiger partial charge in [-0.25, -0.2) is 0 Å². The molecule has 0 aliphatic rings. The third kappa shape index (κ3) is 4.07. The van der Waals surface area contributed by atoms with Crippen LogP contribution in [0.25, 0.3) is 0 Å². The number of nitrogens with one attached hydrogen (secondary N) is 2. The third-order valence-electron chi connectivity index (χ3n) is 1.84. The van der Waals surface area contributed by atoms with Gasteiger partial charge in [-0.05, 0) is 24.6 Å². The highest BCUT2D eigenvalue weighted by Gasteiger charge is 1.99. The third-order valence-corrected chi connectivity index (χ3v) is 1.84. The largest absolute Gasteiger partial charge is 0.394 e. The van der Waals surface area contributed by atoms with Crippen LogP contribution >= 0.6 is 0 Å². The molecule has 1 heterocycles. The Balaban J connectivity index is 2.02. The van der Waals surface area contributed by atoms with Crippen molar-refractivity contribution in [3.63, 3.8) is 0 Å². The number of hydrogen-bond donors (Lipinski definition) is 4. The lowest BCUT2D eigenvalue weighted by Crippen LogP contribution is -2.30. The molecule has 1 aromatic heterocycles. The maximum atomic E-state index is 9.00. The van der Waals surface area contributed by atoms with Crippen LogP contribution < -0.4 is 5.32 Å². The SMILES string of the molecule is OCC(O)CNCCc1cc[nH]c1. The molecule has 1 atom stereocenters. The van der Waals surface area contributed by atoms with Crippen LogP contribution in [-0.4, -0.2) is 41.0 Å². The van der Waals surface area contributed by atoms with Crippen molar-refractivity contribution in [3.05, 3.63) is 24.0 Å². The second-order valence-corrected chi connectivity index (χ2v) is 3.01. The molecule has 0 spiro atoms. The summed E-state index contributed by atoms with van der Waals surface area (Å²) in [5.41, 5.74) is 1.24. The summed E-state index contributed by atoms with van der Waals surface area (Å²) in [7, 11) is 0. The molecular weight excluding hydrogens is 168 g/mol. The molecule has 74 valence electrons. The zero-order valence-corrected chi connectivity index (χ0v) is 7.53. The van der Waals surface area contributed by atoms with Crippen molar-refractivity contribution in [2.75, 3.05) is 19.7 Å². The van der Waals surface area contributed by atoms with Gasteiger partial charge in [0.2, 0.25) is 0 Å². The van der Waals surface area contributed by atoms with E-state index in [1.54, 1.807) is 0 Å². The summed E-state index contributed by atoms with van der Waals surface area (Å²) < 4.78 is 0. The van der Waals surface area contributed by atoms with E-state index in [-0.39, 0.29) is 6.61 Å². The monoisotopic (exact) mass is 184 g/mol. The van der Waals surface area contributed by atoms with Crippen molar-refractivity contribution in [3.8, 4) is 0 Å². The number of aromatic nitrogens is 1. The summed E-state index contributed by atoms with van der Waals surface area (Å²) in [4.78, 5) is 2.97. The molecule has 0 aliphatic carbocycles. The van der Waals surface area contributed by atoms with Gasteiger partial charge in [-0.15, -0.1) is 0 Å². The summed E-state index contributed by atoms with van der Waals surface area (Å²) >= 11 is 0. The molecule has 0 bridgehead atoms. The van der Waals surface area contributed by atoms with Crippen LogP contribution in [0.1, 0.15) is 5.56 Å². The van der Waals surface area contributed by atoms with E-state index >= 15 is 0 Å². The maximum absolute atomic E-state index is 9.00. The molecule has 1 unspecified atom stereocenters. The number of aliphatic hydroxyl groups excluding tert-OH is 2. The second-order valence-electron chi connectivity index (χ2n) is 3.01. The van der Waals surface area contributed by atoms with Crippen molar-refractivity contribution in [1.29, 1.82) is 0 Å². The topological polar surface area (TPSA) is 68.3 Å². The van der Waals surface area contributed by atoms with Gasteiger partial charge in [0.1, 0.15) is 0 Å². The van der Waals surface area contributed by atoms with E-state index in [4.69, 9.17) is 10.2 Å². The Kier molecular flexibility index (Phi) is 4.53. The first-order valence-electron chi connectivity index (χ1n) is 4.44. The lowest BCUT2D eigenvalue weighted by Gasteiger charge is -2.07. The molecule has 13 heavy (non-hydrogen) atoms. The fraction of sp³-hybridized carbons (Fsp3) is 0.556. The Bertz CT molecular complexity index is 211. The van der Waals surface area contributed by atoms with E-state index in [1.807, 2.05) is 18.5 Å². The Morgan fingerprint density at radius 2 is 2.38 bits per heavy atom. The van der Waals surface area contributed by atoms with Crippen molar-refractivity contribution in [2.24, 2.45) is 0 Å². The van der Waals surface area contributed by atoms with Gasteiger partial charge in [0.25, 0.3) is 0 Å². The van der Waals surface area contributed by atoms with E-state index < -0.39 is 6.10 Å². The standard InChI is InChI=1S/C9H16N2O2/c12-7-9(13)6-11-4-2-8-1-3-10-5-8/h1,3,5,9-13H,2,4,6-7H2. The molecular formula is C9H16N2O2. The number of aromatic amines is 1. The molecule has 4 nitrogen and oxygen atoms in total. The van der Waals surface area contributed by atoms with Crippen LogP contribution in [0.2, 0.25) is 0 Å². The van der Waals surface area contributed by atoms with Crippen molar-refractivity contribution in [1.82, 2.24) is 10.3 Å². The number of H-pyrrole nitrogens is 1. The fourth-order valence-electron chi connectivity index (χ4n) is 1.08. The summed E-state index contributed by atoms with van der Waals surface area (Å²) in [6, 6.07) is 2.02. The molecule has 1 aromatic rings. The van der Waals surface area contributed by atoms with Crippen LogP contribution in [0.15, 0.2) is 18.5 Å². The highest BCUT2D eigenvalue weighted by atomic mass is 16.3. The minimum atomic E-state index is -0.647. The molecule has 0 aromatic carbocycles. The Morgan fingerprint density at radius 1 is 1.54 bits per heavy atom. The Labute approximate surface area is 77.6 Å². The number of rotatable bonds is 6. The number of hydrogen-bond acceptors (Lipinski definition) is 3. The lowest BCUT2D eigenvalue weighted by atomic mass is 10.2. The summed E-state index contributed by atoms with van der Waals surface area (Å²) in [5, 5.41) is 20.6. The van der Waals surface area contributed by atoms with Crippen LogP contribution in [0.4, 0.5) is 0 Å². The molecule has 0 saturated heterocycles. The van der Waals surface area contributed by atoms with Crippen LogP contribution in [-0.2, 0) is 6.42 Å². The second kappa shape index (κ2) is 5.75. The normalized spacial score (nSPS) is 13.1. The van der Waals surface area contributed by atoms with Crippen LogP contribution in [0, 0.1) is 0 Å². The number of aliphatic hydroxyl groups is 2. The minimum absolute atomic E-state index is 0.183. The molecule has 0 amide bonds. The lowest BCUT2D eigenvalue weighted by molar-refractivity contribution is 0.0947. The first kappa shape index (κ1) is 10.2. The van der Waals surface area contributed by atoms with Gasteiger partial charge in [-0.1, -0.05) is 0 Å². The molecule has 0 fully saturated rings. The Morgan fingerprint density at radius 3 is 3.00 bits per heavy atom. The minimum Gasteiger partial charge on any atom is -0.394 e. The summed E-state index contributed by atoms with van der Waals surface area (Å²) in [6.45, 7) is 1.08. The van der Waals surface area contributed by atoms with E-state index in [0.29, 0.717) is 6.54 Å². The van der Waals surface area contributed by atoms with E-state index in [9.17, 15) is 0 Å². The highest BCUT2D eigenvalue weighted by Crippen LogP contribution is 1.95. The van der Waals surface area contributed by atoms with Crippen LogP contribution in [0.5, 0.6) is 0 Å². The first-order valence-corrected chi connectivity index (χ1v) is 4.44. The van der Waals surface area contributed by atoms with Crippen molar-refractivity contribution in [2.45, 2.75) is 12.5 Å². The van der Waals surface area contributed by atoms with Gasteiger partial charge < -0.3 is 20.5 Å². The summed E-state index contributed by atoms with van der Waals surface area (Å²) in [6.07, 6.45) is 4.12. The predicted molar refractivity (Wildman–Crippen MR) is 50.5 cm³/mol. The van der Waals surface area contributed by atoms with Crippen molar-refractivity contribution < 1.29 is 10.2 Å². The predicted octanol–water partition coefficient (Wildman–Crippen LogP) is -0.500. The average molecular weight is 184 g/mol. The quantitative estimate of drug-likeness (QED) is 0.451. The maximum Gasteiger partial charge on any atom is 0.0894 e. The highest BCUT2D eigenvalue weighted by molar-refractivity contribution is 5.08. The smallest absolute Gasteiger partial charge is 0.0894 e. The van der Waals surface area contributed by atoms with E-state index in [0.717, 1.165) is 13.0 Å². The van der Waals surface area contributed by atoms with Gasteiger partial charge in [-0.2, -0.15) is 0 Å². The molecule has 4 N–H and O–H groups in total. The molecule has 1 rings (SSSR count). The van der Waals surface area contributed by atoms with Crippen LogP contribution in [0.3, 0.4) is 0 Å². The average Bonchev–Trinajstić information content (AvgIpc) is 2.64. The van der Waals surface area contributed by atoms with E-state index in [1.165, 1.54) is 5.56 Å². The van der Waals surface area contributed by atoms with E-state index in [2.05, 4.69) is 10.3 Å². The zero-order chi connectivity index (χ0) is 9.52. The molecule has 0 radical (unpaired) electrons. The Hall–Kier alpha value is -0.840. The van der Waals surface area contributed by atoms with Gasteiger partial charge >= 0.3 is 0 Å². The van der Waals surface area contributed by atoms with Crippen molar-refractivity contribution >= 4 is 0 Å². The van der Waals surface area contributed by atoms with Gasteiger partial charge in [-0.3, -0.25) is 0 Å². The van der Waals surface area contributed by atoms with Gasteiger partial charge in [0, 0.05) is 18.9 Å². The summed E-state index contributed by atoms with van der Waals surface area (Å²) in [5.74, 6) is 0. The fourth-order valence-corrected chi connectivity index (χ4v) is 1.08. The molecule has 0 saturated carbocycles. The molecule has 0 aliphatic heterocycles. The van der Waals surface area contributed by atoms with Gasteiger partial charge in [0.05, 0.1) is 12.7 Å². The first-order chi connectivity index (χ1) is 6.33. The van der Waals surface area contributed by atoms with Gasteiger partial charge in [0.15, 0.2) is 0 Å². The molecule has 4 heteroatoms. The zero-order valence-electron chi connectivity index (χ0n) is 7.53.